The van der Waals surface area contributed by atoms with Gasteiger partial charge in [0.1, 0.15) is 17.9 Å². The Labute approximate surface area is 293 Å². The van der Waals surface area contributed by atoms with Crippen LogP contribution in [-0.2, 0) is 9.59 Å². The first-order valence-electron chi connectivity index (χ1n) is 17.1. The van der Waals surface area contributed by atoms with E-state index in [1.807, 2.05) is 20.8 Å². The van der Waals surface area contributed by atoms with E-state index in [2.05, 4.69) is 50.8 Å². The van der Waals surface area contributed by atoms with Gasteiger partial charge in [-0.05, 0) is 77.7 Å². The minimum atomic E-state index is -1.26. The fraction of sp³-hybridized carbons (Fsp3) is 0.600. The highest BCUT2D eigenvalue weighted by molar-refractivity contribution is 5.97. The molecule has 15 heteroatoms. The normalized spacial score (nSPS) is 16.1. The first-order chi connectivity index (χ1) is 23.7. The highest BCUT2D eigenvalue weighted by atomic mass is 19.1. The third kappa shape index (κ3) is 11.2. The molecule has 0 aliphatic carbocycles. The zero-order valence-corrected chi connectivity index (χ0v) is 30.0. The van der Waals surface area contributed by atoms with Crippen LogP contribution in [-0.4, -0.2) is 135 Å². The smallest absolute Gasteiger partial charge is 0.328 e. The predicted octanol–water partition coefficient (Wildman–Crippen LogP) is 3.63. The molecule has 1 aromatic heterocycles. The van der Waals surface area contributed by atoms with Gasteiger partial charge in [-0.25, -0.2) is 19.0 Å². The molecular weight excluding hydrogens is 649 g/mol. The number of hydrogen-bond donors (Lipinski definition) is 3. The van der Waals surface area contributed by atoms with E-state index in [0.717, 1.165) is 52.0 Å². The molecule has 1 atom stereocenters. The van der Waals surface area contributed by atoms with Gasteiger partial charge in [-0.3, -0.25) is 9.69 Å². The number of ether oxygens (including phenoxy) is 1. The topological polar surface area (TPSA) is 173 Å². The summed E-state index contributed by atoms with van der Waals surface area (Å²) >= 11 is 0. The van der Waals surface area contributed by atoms with E-state index in [1.165, 1.54) is 24.5 Å². The maximum atomic E-state index is 14.3. The summed E-state index contributed by atoms with van der Waals surface area (Å²) in [6.07, 6.45) is 5.84. The highest BCUT2D eigenvalue weighted by Gasteiger charge is 2.50. The Balaban J connectivity index is 0.000000753. The molecule has 276 valence electrons. The van der Waals surface area contributed by atoms with Crippen molar-refractivity contribution in [2.24, 2.45) is 11.3 Å². The molecule has 1 aromatic carbocycles. The summed E-state index contributed by atoms with van der Waals surface area (Å²) in [7, 11) is 2.06. The summed E-state index contributed by atoms with van der Waals surface area (Å²) < 4.78 is 20.4. The second-order valence-corrected chi connectivity index (χ2v) is 13.6. The Morgan fingerprint density at radius 3 is 2.34 bits per heavy atom. The number of hydrogen-bond acceptors (Lipinski definition) is 11. The maximum absolute atomic E-state index is 14.3. The number of anilines is 1. The molecule has 2 aromatic rings. The van der Waals surface area contributed by atoms with Crippen molar-refractivity contribution in [1.29, 1.82) is 0 Å². The Kier molecular flexibility index (Phi) is 15.0. The minimum Gasteiger partial charge on any atom is -0.478 e. The number of aliphatic hydroxyl groups excluding tert-OH is 1. The Morgan fingerprint density at radius 2 is 1.76 bits per heavy atom. The molecule has 2 aliphatic heterocycles. The number of carbonyl (C=O) groups excluding carboxylic acids is 1. The monoisotopic (exact) mass is 701 g/mol. The fourth-order valence-electron chi connectivity index (χ4n) is 6.66. The summed E-state index contributed by atoms with van der Waals surface area (Å²) in [4.78, 5) is 45.6. The summed E-state index contributed by atoms with van der Waals surface area (Å²) in [5.41, 5.74) is 0.343. The summed E-state index contributed by atoms with van der Waals surface area (Å²) in [6, 6.07) is 4.46. The van der Waals surface area contributed by atoms with Crippen molar-refractivity contribution in [1.82, 2.24) is 29.9 Å². The first kappa shape index (κ1) is 40.2. The number of rotatable bonds is 16. The minimum absolute atomic E-state index is 0.0434. The third-order valence-electron chi connectivity index (χ3n) is 9.12. The zero-order valence-electron chi connectivity index (χ0n) is 30.0. The third-order valence-corrected chi connectivity index (χ3v) is 9.12. The molecule has 0 unspecified atom stereocenters. The van der Waals surface area contributed by atoms with Crippen LogP contribution in [0.25, 0.3) is 0 Å². The molecule has 3 N–H and O–H groups in total. The van der Waals surface area contributed by atoms with Crippen LogP contribution in [0.2, 0.25) is 0 Å². The quantitative estimate of drug-likeness (QED) is 0.217. The lowest BCUT2D eigenvalue weighted by Gasteiger charge is -2.53. The highest BCUT2D eigenvalue weighted by Crippen LogP contribution is 2.44. The number of nitrogens with zero attached hydrogens (tertiary/aromatic N) is 7. The molecule has 2 fully saturated rings. The molecule has 2 saturated heterocycles. The molecule has 0 saturated carbocycles. The number of amides is 1. The number of aliphatic carboxylic acids is 2. The fourth-order valence-corrected chi connectivity index (χ4v) is 6.66. The van der Waals surface area contributed by atoms with Crippen molar-refractivity contribution in [3.05, 3.63) is 48.1 Å². The number of likely N-dealkylation sites (tertiary alicyclic amines) is 1. The van der Waals surface area contributed by atoms with Gasteiger partial charge in [0.05, 0.1) is 12.2 Å². The van der Waals surface area contributed by atoms with E-state index in [4.69, 9.17) is 14.9 Å². The van der Waals surface area contributed by atoms with Gasteiger partial charge in [-0.2, -0.15) is 0 Å². The number of carbonyl (C=O) groups is 3. The zero-order chi connectivity index (χ0) is 37.0. The molecule has 50 heavy (non-hydrogen) atoms. The molecular formula is C35H52FN7O7. The van der Waals surface area contributed by atoms with Gasteiger partial charge in [0.25, 0.3) is 11.8 Å². The molecule has 3 heterocycles. The largest absolute Gasteiger partial charge is 0.478 e. The number of benzene rings is 1. The molecule has 14 nitrogen and oxygen atoms in total. The standard InChI is InChI=1S/C31H48FN7O3.C4H4O4/c1-7-39(23(4)5)30(41)25-17-24(32)10-11-27(25)42-29-28(33-21-34-35-29)37-14-12-31(18-37)19-38(20-31)26(22(2)3)9-8-13-36(6)15-16-40;5-3(6)1-2-4(7)8/h10-11,17,21-23,26,40H,7-9,12-16,18-20H2,1-6H3;1-2H,(H,5,6)(H,7,8)/b;2-1+/t26-;/m1./s1. The Morgan fingerprint density at radius 1 is 1.08 bits per heavy atom. The van der Waals surface area contributed by atoms with Crippen molar-refractivity contribution in [3.8, 4) is 11.6 Å². The van der Waals surface area contributed by atoms with Crippen molar-refractivity contribution >= 4 is 23.7 Å². The van der Waals surface area contributed by atoms with Crippen LogP contribution >= 0.6 is 0 Å². The lowest BCUT2D eigenvalue weighted by Crippen LogP contribution is -2.62. The summed E-state index contributed by atoms with van der Waals surface area (Å²) in [5.74, 6) is -1.71. The van der Waals surface area contributed by atoms with Gasteiger partial charge in [0.2, 0.25) is 0 Å². The lowest BCUT2D eigenvalue weighted by atomic mass is 9.76. The van der Waals surface area contributed by atoms with Gasteiger partial charge in [-0.15, -0.1) is 10.2 Å². The second-order valence-electron chi connectivity index (χ2n) is 13.6. The van der Waals surface area contributed by atoms with E-state index in [-0.39, 0.29) is 41.2 Å². The summed E-state index contributed by atoms with van der Waals surface area (Å²) in [5, 5.41) is 33.0. The average Bonchev–Trinajstić information content (AvgIpc) is 3.49. The van der Waals surface area contributed by atoms with Gasteiger partial charge >= 0.3 is 11.9 Å². The number of aliphatic hydroxyl groups is 1. The molecule has 1 spiro atoms. The van der Waals surface area contributed by atoms with Gasteiger partial charge in [0.15, 0.2) is 5.82 Å². The van der Waals surface area contributed by atoms with Crippen LogP contribution in [0.3, 0.4) is 0 Å². The lowest BCUT2D eigenvalue weighted by molar-refractivity contribution is -0.134. The van der Waals surface area contributed by atoms with E-state index in [9.17, 15) is 23.9 Å². The number of halogens is 1. The van der Waals surface area contributed by atoms with Crippen LogP contribution in [0.5, 0.6) is 11.6 Å². The maximum Gasteiger partial charge on any atom is 0.328 e. The van der Waals surface area contributed by atoms with Gasteiger partial charge in [-0.1, -0.05) is 13.8 Å². The van der Waals surface area contributed by atoms with Gasteiger partial charge < -0.3 is 34.8 Å². The van der Waals surface area contributed by atoms with E-state index >= 15 is 0 Å². The van der Waals surface area contributed by atoms with Crippen molar-refractivity contribution in [2.75, 3.05) is 64.4 Å². The SMILES string of the molecule is CCN(C(=O)c1cc(F)ccc1Oc1nncnc1N1CCC2(C1)CN([C@H](CCCN(C)CCO)C(C)C)C2)C(C)C.O=C(O)/C=C/C(=O)O. The van der Waals surface area contributed by atoms with Crippen LogP contribution in [0, 0.1) is 17.2 Å². The van der Waals surface area contributed by atoms with E-state index in [0.29, 0.717) is 43.0 Å². The molecule has 4 rings (SSSR count). The molecule has 0 bridgehead atoms. The molecule has 2 aliphatic rings. The van der Waals surface area contributed by atoms with Crippen LogP contribution in [0.4, 0.5) is 10.2 Å². The number of carboxylic acid groups (broad SMARTS) is 2. The Bertz CT molecular complexity index is 1450. The Hall–Kier alpha value is -4.21. The number of aromatic nitrogens is 3. The summed E-state index contributed by atoms with van der Waals surface area (Å²) in [6.45, 7) is 16.5. The van der Waals surface area contributed by atoms with Crippen molar-refractivity contribution in [2.45, 2.75) is 66.0 Å². The number of likely N-dealkylation sites (N-methyl/N-ethyl adjacent to an activating group) is 1. The van der Waals surface area contributed by atoms with Gasteiger partial charge in [0, 0.05) is 68.9 Å². The van der Waals surface area contributed by atoms with Crippen molar-refractivity contribution in [3.63, 3.8) is 0 Å². The number of carboxylic acids is 2. The average molecular weight is 702 g/mol. The van der Waals surface area contributed by atoms with Crippen LogP contribution in [0.1, 0.15) is 64.2 Å². The molecule has 1 amide bonds. The van der Waals surface area contributed by atoms with E-state index < -0.39 is 17.8 Å². The van der Waals surface area contributed by atoms with Crippen LogP contribution in [0.15, 0.2) is 36.7 Å². The van der Waals surface area contributed by atoms with Crippen LogP contribution < -0.4 is 9.64 Å². The second kappa shape index (κ2) is 18.7. The van der Waals surface area contributed by atoms with Crippen molar-refractivity contribution < 1.29 is 38.8 Å². The predicted molar refractivity (Wildman–Crippen MR) is 186 cm³/mol. The first-order valence-corrected chi connectivity index (χ1v) is 17.1. The van der Waals surface area contributed by atoms with E-state index in [1.54, 1.807) is 4.90 Å². The molecule has 0 radical (unpaired) electrons.